The number of carbonyl (C=O) groups excluding carboxylic acids is 2. The van der Waals surface area contributed by atoms with Crippen LogP contribution in [0.15, 0.2) is 12.4 Å². The zero-order valence-corrected chi connectivity index (χ0v) is 9.35. The molecule has 1 aromatic rings. The normalized spacial score (nSPS) is 24.7. The van der Waals surface area contributed by atoms with E-state index in [1.54, 1.807) is 12.4 Å². The fourth-order valence-corrected chi connectivity index (χ4v) is 2.14. The summed E-state index contributed by atoms with van der Waals surface area (Å²) in [4.78, 5) is 32.1. The van der Waals surface area contributed by atoms with E-state index in [1.165, 1.54) is 4.90 Å². The number of nitrogens with one attached hydrogen (secondary N) is 2. The third-order valence-electron chi connectivity index (χ3n) is 3.17. The number of imidazole rings is 1. The van der Waals surface area contributed by atoms with Crippen molar-refractivity contribution in [3.63, 3.8) is 0 Å². The monoisotopic (exact) mass is 234 g/mol. The number of amides is 2. The van der Waals surface area contributed by atoms with E-state index in [4.69, 9.17) is 0 Å². The van der Waals surface area contributed by atoms with Crippen molar-refractivity contribution in [2.45, 2.75) is 37.9 Å². The summed E-state index contributed by atoms with van der Waals surface area (Å²) in [6, 6.07) is -0.210. The number of rotatable bonds is 4. The van der Waals surface area contributed by atoms with Gasteiger partial charge in [0.15, 0.2) is 0 Å². The van der Waals surface area contributed by atoms with Gasteiger partial charge < -0.3 is 4.98 Å². The number of imide groups is 1. The first-order valence-electron chi connectivity index (χ1n) is 5.83. The average Bonchev–Trinajstić information content (AvgIpc) is 2.90. The first-order chi connectivity index (χ1) is 8.25. The molecule has 90 valence electrons. The van der Waals surface area contributed by atoms with Gasteiger partial charge in [0.2, 0.25) is 11.8 Å². The van der Waals surface area contributed by atoms with E-state index in [-0.39, 0.29) is 30.3 Å². The molecule has 6 heteroatoms. The van der Waals surface area contributed by atoms with Gasteiger partial charge in [-0.2, -0.15) is 0 Å². The summed E-state index contributed by atoms with van der Waals surface area (Å²) in [7, 11) is 0. The molecule has 3 rings (SSSR count). The van der Waals surface area contributed by atoms with E-state index < -0.39 is 0 Å². The summed E-state index contributed by atoms with van der Waals surface area (Å²) in [6.45, 7) is 0.481. The lowest BCUT2D eigenvalue weighted by molar-refractivity contribution is -0.139. The Morgan fingerprint density at radius 1 is 1.47 bits per heavy atom. The van der Waals surface area contributed by atoms with Crippen LogP contribution >= 0.6 is 0 Å². The van der Waals surface area contributed by atoms with Gasteiger partial charge in [-0.25, -0.2) is 4.98 Å². The Balaban J connectivity index is 1.61. The van der Waals surface area contributed by atoms with Crippen molar-refractivity contribution in [2.75, 3.05) is 0 Å². The van der Waals surface area contributed by atoms with Gasteiger partial charge in [0.05, 0.1) is 19.0 Å². The van der Waals surface area contributed by atoms with Crippen LogP contribution in [0.5, 0.6) is 0 Å². The van der Waals surface area contributed by atoms with Crippen LogP contribution in [-0.4, -0.2) is 38.8 Å². The topological polar surface area (TPSA) is 78.1 Å². The van der Waals surface area contributed by atoms with Gasteiger partial charge >= 0.3 is 0 Å². The molecule has 1 saturated heterocycles. The number of nitrogens with zero attached hydrogens (tertiary/aromatic N) is 2. The lowest BCUT2D eigenvalue weighted by atomic mass is 10.2. The van der Waals surface area contributed by atoms with Gasteiger partial charge in [0.25, 0.3) is 0 Å². The highest BCUT2D eigenvalue weighted by atomic mass is 16.2. The molecular weight excluding hydrogens is 220 g/mol. The van der Waals surface area contributed by atoms with Gasteiger partial charge in [0, 0.05) is 18.4 Å². The summed E-state index contributed by atoms with van der Waals surface area (Å²) in [6.07, 6.45) is 5.59. The highest BCUT2D eigenvalue weighted by Gasteiger charge is 2.45. The lowest BCUT2D eigenvalue weighted by Crippen LogP contribution is -2.39. The van der Waals surface area contributed by atoms with E-state index in [0.29, 0.717) is 6.54 Å². The molecule has 2 amide bonds. The van der Waals surface area contributed by atoms with Crippen molar-refractivity contribution in [1.82, 2.24) is 20.2 Å². The molecule has 17 heavy (non-hydrogen) atoms. The second-order valence-corrected chi connectivity index (χ2v) is 4.51. The highest BCUT2D eigenvalue weighted by Crippen LogP contribution is 2.31. The average molecular weight is 234 g/mol. The second kappa shape index (κ2) is 3.96. The molecule has 0 aromatic carbocycles. The SMILES string of the molecule is O=C1CC(NCc2ncc[nH]2)C(=O)N1C1CC1. The molecule has 1 saturated carbocycles. The molecule has 1 aromatic heterocycles. The van der Waals surface area contributed by atoms with Gasteiger partial charge in [-0.1, -0.05) is 0 Å². The molecular formula is C11H14N4O2. The van der Waals surface area contributed by atoms with E-state index in [0.717, 1.165) is 18.7 Å². The fourth-order valence-electron chi connectivity index (χ4n) is 2.14. The van der Waals surface area contributed by atoms with Crippen LogP contribution < -0.4 is 5.32 Å². The number of likely N-dealkylation sites (tertiary alicyclic amines) is 1. The van der Waals surface area contributed by atoms with Gasteiger partial charge in [0.1, 0.15) is 5.82 Å². The largest absolute Gasteiger partial charge is 0.348 e. The predicted octanol–water partition coefficient (Wildman–Crippen LogP) is -0.211. The number of H-pyrrole nitrogens is 1. The predicted molar refractivity (Wildman–Crippen MR) is 58.7 cm³/mol. The number of aromatic amines is 1. The summed E-state index contributed by atoms with van der Waals surface area (Å²) in [5.41, 5.74) is 0. The van der Waals surface area contributed by atoms with Crippen LogP contribution in [0, 0.1) is 0 Å². The van der Waals surface area contributed by atoms with E-state index >= 15 is 0 Å². The molecule has 1 unspecified atom stereocenters. The quantitative estimate of drug-likeness (QED) is 0.707. The minimum absolute atomic E-state index is 0.0468. The van der Waals surface area contributed by atoms with Crippen LogP contribution in [-0.2, 0) is 16.1 Å². The molecule has 2 heterocycles. The Hall–Kier alpha value is -1.69. The van der Waals surface area contributed by atoms with Gasteiger partial charge in [-0.3, -0.25) is 19.8 Å². The summed E-state index contributed by atoms with van der Waals surface area (Å²) in [5, 5.41) is 3.07. The van der Waals surface area contributed by atoms with Crippen molar-refractivity contribution in [2.24, 2.45) is 0 Å². The first-order valence-corrected chi connectivity index (χ1v) is 5.83. The molecule has 0 spiro atoms. The molecule has 2 fully saturated rings. The van der Waals surface area contributed by atoms with E-state index in [1.807, 2.05) is 0 Å². The van der Waals surface area contributed by atoms with Crippen molar-refractivity contribution >= 4 is 11.8 Å². The molecule has 0 radical (unpaired) electrons. The number of aromatic nitrogens is 2. The van der Waals surface area contributed by atoms with Crippen LogP contribution in [0.2, 0.25) is 0 Å². The Kier molecular flexibility index (Phi) is 2.44. The molecule has 1 aliphatic heterocycles. The molecule has 1 atom stereocenters. The molecule has 2 N–H and O–H groups in total. The minimum Gasteiger partial charge on any atom is -0.348 e. The Morgan fingerprint density at radius 2 is 2.29 bits per heavy atom. The van der Waals surface area contributed by atoms with Crippen molar-refractivity contribution in [3.8, 4) is 0 Å². The van der Waals surface area contributed by atoms with Gasteiger partial charge in [-0.15, -0.1) is 0 Å². The maximum Gasteiger partial charge on any atom is 0.247 e. The Labute approximate surface area is 98.4 Å². The van der Waals surface area contributed by atoms with E-state index in [2.05, 4.69) is 15.3 Å². The summed E-state index contributed by atoms with van der Waals surface area (Å²) < 4.78 is 0. The smallest absolute Gasteiger partial charge is 0.247 e. The Morgan fingerprint density at radius 3 is 2.94 bits per heavy atom. The van der Waals surface area contributed by atoms with Crippen LogP contribution in [0.3, 0.4) is 0 Å². The minimum atomic E-state index is -0.381. The standard InChI is InChI=1S/C11H14N4O2/c16-10-5-8(11(17)15(10)7-1-2-7)14-6-9-12-3-4-13-9/h3-4,7-8,14H,1-2,5-6H2,(H,12,13). The summed E-state index contributed by atoms with van der Waals surface area (Å²) in [5.74, 6) is 0.647. The molecule has 1 aliphatic carbocycles. The summed E-state index contributed by atoms with van der Waals surface area (Å²) >= 11 is 0. The second-order valence-electron chi connectivity index (χ2n) is 4.51. The maximum atomic E-state index is 12.0. The zero-order valence-electron chi connectivity index (χ0n) is 9.35. The Bertz CT molecular complexity index is 438. The maximum absolute atomic E-state index is 12.0. The lowest BCUT2D eigenvalue weighted by Gasteiger charge is -2.13. The van der Waals surface area contributed by atoms with Gasteiger partial charge in [-0.05, 0) is 12.8 Å². The molecule has 6 nitrogen and oxygen atoms in total. The van der Waals surface area contributed by atoms with E-state index in [9.17, 15) is 9.59 Å². The van der Waals surface area contributed by atoms with Crippen molar-refractivity contribution < 1.29 is 9.59 Å². The van der Waals surface area contributed by atoms with Crippen molar-refractivity contribution in [3.05, 3.63) is 18.2 Å². The first kappa shape index (κ1) is 10.5. The molecule has 0 bridgehead atoms. The van der Waals surface area contributed by atoms with Crippen molar-refractivity contribution in [1.29, 1.82) is 0 Å². The van der Waals surface area contributed by atoms with Crippen LogP contribution in [0.4, 0.5) is 0 Å². The number of carbonyl (C=O) groups is 2. The fraction of sp³-hybridized carbons (Fsp3) is 0.545. The third-order valence-corrected chi connectivity index (χ3v) is 3.17. The highest BCUT2D eigenvalue weighted by molar-refractivity contribution is 6.06. The molecule has 2 aliphatic rings. The zero-order chi connectivity index (χ0) is 11.8. The van der Waals surface area contributed by atoms with Crippen LogP contribution in [0.25, 0.3) is 0 Å². The van der Waals surface area contributed by atoms with Crippen LogP contribution in [0.1, 0.15) is 25.1 Å². The number of hydrogen-bond acceptors (Lipinski definition) is 4. The number of hydrogen-bond donors (Lipinski definition) is 2. The third kappa shape index (κ3) is 1.95.